The van der Waals surface area contributed by atoms with E-state index >= 15 is 0 Å². The van der Waals surface area contributed by atoms with Gasteiger partial charge in [-0.3, -0.25) is 4.72 Å². The van der Waals surface area contributed by atoms with Crippen molar-refractivity contribution in [2.45, 2.75) is 42.9 Å². The predicted molar refractivity (Wildman–Crippen MR) is 106 cm³/mol. The van der Waals surface area contributed by atoms with Crippen LogP contribution in [0.4, 0.5) is 10.1 Å². The van der Waals surface area contributed by atoms with Crippen molar-refractivity contribution < 1.29 is 21.2 Å². The van der Waals surface area contributed by atoms with Gasteiger partial charge in [0, 0.05) is 13.1 Å². The second-order valence-electron chi connectivity index (χ2n) is 6.96. The molecule has 0 spiro atoms. The van der Waals surface area contributed by atoms with Gasteiger partial charge in [0.2, 0.25) is 10.0 Å². The van der Waals surface area contributed by atoms with E-state index in [-0.39, 0.29) is 15.5 Å². The van der Waals surface area contributed by atoms with Gasteiger partial charge in [-0.1, -0.05) is 18.6 Å². The second kappa shape index (κ2) is 7.81. The van der Waals surface area contributed by atoms with E-state index in [1.54, 1.807) is 13.0 Å². The molecule has 0 unspecified atom stereocenters. The van der Waals surface area contributed by atoms with Gasteiger partial charge in [0.1, 0.15) is 5.82 Å². The average Bonchev–Trinajstić information content (AvgIpc) is 2.66. The fourth-order valence-corrected chi connectivity index (χ4v) is 5.75. The SMILES string of the molecule is Cc1ccc(S(=O)(=O)Nc2cc(S(=O)(=O)N3CCCCC3)ccc2C)cc1F. The van der Waals surface area contributed by atoms with Gasteiger partial charge in [0.05, 0.1) is 15.5 Å². The van der Waals surface area contributed by atoms with Crippen molar-refractivity contribution in [2.75, 3.05) is 17.8 Å². The molecule has 28 heavy (non-hydrogen) atoms. The fourth-order valence-electron chi connectivity index (χ4n) is 3.07. The Labute approximate surface area is 165 Å². The van der Waals surface area contributed by atoms with Crippen molar-refractivity contribution in [1.82, 2.24) is 4.31 Å². The number of anilines is 1. The van der Waals surface area contributed by atoms with Gasteiger partial charge in [-0.15, -0.1) is 0 Å². The van der Waals surface area contributed by atoms with Gasteiger partial charge < -0.3 is 0 Å². The summed E-state index contributed by atoms with van der Waals surface area (Å²) in [6.45, 7) is 4.13. The first-order valence-corrected chi connectivity index (χ1v) is 11.9. The van der Waals surface area contributed by atoms with Crippen LogP contribution in [0.25, 0.3) is 0 Å². The Bertz CT molecular complexity index is 1090. The van der Waals surface area contributed by atoms with Crippen molar-refractivity contribution in [3.63, 3.8) is 0 Å². The highest BCUT2D eigenvalue weighted by Gasteiger charge is 2.27. The van der Waals surface area contributed by atoms with Crippen molar-refractivity contribution in [2.24, 2.45) is 0 Å². The summed E-state index contributed by atoms with van der Waals surface area (Å²) < 4.78 is 68.6. The first-order chi connectivity index (χ1) is 13.1. The number of benzene rings is 2. The summed E-state index contributed by atoms with van der Waals surface area (Å²) in [5, 5.41) is 0. The average molecular weight is 427 g/mol. The first-order valence-electron chi connectivity index (χ1n) is 9.01. The summed E-state index contributed by atoms with van der Waals surface area (Å²) >= 11 is 0. The Hall–Kier alpha value is -1.97. The van der Waals surface area contributed by atoms with Crippen LogP contribution < -0.4 is 4.72 Å². The molecule has 0 saturated carbocycles. The summed E-state index contributed by atoms with van der Waals surface area (Å²) in [4.78, 5) is -0.188. The number of nitrogens with one attached hydrogen (secondary N) is 1. The Balaban J connectivity index is 1.94. The summed E-state index contributed by atoms with van der Waals surface area (Å²) in [6, 6.07) is 7.99. The third-order valence-electron chi connectivity index (χ3n) is 4.86. The maximum Gasteiger partial charge on any atom is 0.262 e. The molecular weight excluding hydrogens is 403 g/mol. The number of hydrogen-bond acceptors (Lipinski definition) is 4. The van der Waals surface area contributed by atoms with Gasteiger partial charge >= 0.3 is 0 Å². The number of halogens is 1. The summed E-state index contributed by atoms with van der Waals surface area (Å²) in [6.07, 6.45) is 2.62. The molecule has 1 fully saturated rings. The largest absolute Gasteiger partial charge is 0.279 e. The van der Waals surface area contributed by atoms with E-state index in [1.807, 2.05) is 0 Å². The topological polar surface area (TPSA) is 83.5 Å². The lowest BCUT2D eigenvalue weighted by Gasteiger charge is -2.26. The van der Waals surface area contributed by atoms with Gasteiger partial charge in [-0.05, 0) is 62.1 Å². The smallest absolute Gasteiger partial charge is 0.262 e. The van der Waals surface area contributed by atoms with Crippen LogP contribution in [-0.2, 0) is 20.0 Å². The van der Waals surface area contributed by atoms with Crippen molar-refractivity contribution in [1.29, 1.82) is 0 Å². The third-order valence-corrected chi connectivity index (χ3v) is 8.12. The number of nitrogens with zero attached hydrogens (tertiary/aromatic N) is 1. The molecule has 1 saturated heterocycles. The number of sulfonamides is 2. The molecule has 0 bridgehead atoms. The van der Waals surface area contributed by atoms with Crippen LogP contribution in [0, 0.1) is 19.7 Å². The molecule has 1 aliphatic rings. The monoisotopic (exact) mass is 426 g/mol. The van der Waals surface area contributed by atoms with Crippen LogP contribution in [0.2, 0.25) is 0 Å². The second-order valence-corrected chi connectivity index (χ2v) is 10.6. The zero-order chi connectivity index (χ0) is 20.5. The molecule has 0 amide bonds. The highest BCUT2D eigenvalue weighted by Crippen LogP contribution is 2.27. The lowest BCUT2D eigenvalue weighted by atomic mass is 10.2. The number of rotatable bonds is 5. The van der Waals surface area contributed by atoms with Crippen molar-refractivity contribution in [3.05, 3.63) is 53.3 Å². The zero-order valence-corrected chi connectivity index (χ0v) is 17.4. The maximum atomic E-state index is 13.8. The van der Waals surface area contributed by atoms with E-state index in [0.717, 1.165) is 25.3 Å². The quantitative estimate of drug-likeness (QED) is 0.794. The zero-order valence-electron chi connectivity index (χ0n) is 15.8. The molecular formula is C19H23FN2O4S2. The third kappa shape index (κ3) is 4.21. The molecule has 152 valence electrons. The van der Waals surface area contributed by atoms with Gasteiger partial charge in [0.25, 0.3) is 10.0 Å². The molecule has 2 aromatic rings. The van der Waals surface area contributed by atoms with E-state index in [0.29, 0.717) is 24.2 Å². The van der Waals surface area contributed by atoms with Gasteiger partial charge in [-0.2, -0.15) is 4.31 Å². The molecule has 6 nitrogen and oxygen atoms in total. The summed E-state index contributed by atoms with van der Waals surface area (Å²) in [5.41, 5.74) is 1.05. The minimum absolute atomic E-state index is 0.0350. The van der Waals surface area contributed by atoms with Gasteiger partial charge in [-0.25, -0.2) is 21.2 Å². The van der Waals surface area contributed by atoms with E-state index < -0.39 is 25.9 Å². The molecule has 1 heterocycles. The minimum Gasteiger partial charge on any atom is -0.279 e. The molecule has 2 aromatic carbocycles. The molecule has 0 aromatic heterocycles. The molecule has 1 aliphatic heterocycles. The van der Waals surface area contributed by atoms with Crippen LogP contribution in [0.3, 0.4) is 0 Å². The number of aryl methyl sites for hydroxylation is 2. The Morgan fingerprint density at radius 2 is 1.46 bits per heavy atom. The van der Waals surface area contributed by atoms with Crippen molar-refractivity contribution in [3.8, 4) is 0 Å². The summed E-state index contributed by atoms with van der Waals surface area (Å²) in [7, 11) is -7.76. The van der Waals surface area contributed by atoms with Crippen LogP contribution >= 0.6 is 0 Å². The van der Waals surface area contributed by atoms with Crippen LogP contribution in [0.15, 0.2) is 46.2 Å². The molecule has 9 heteroatoms. The van der Waals surface area contributed by atoms with E-state index in [4.69, 9.17) is 0 Å². The molecule has 3 rings (SSSR count). The minimum atomic E-state index is -4.06. The normalized spacial score (nSPS) is 16.1. The van der Waals surface area contributed by atoms with E-state index in [1.165, 1.54) is 35.5 Å². The molecule has 0 radical (unpaired) electrons. The van der Waals surface area contributed by atoms with Gasteiger partial charge in [0.15, 0.2) is 0 Å². The van der Waals surface area contributed by atoms with E-state index in [2.05, 4.69) is 4.72 Å². The highest BCUT2D eigenvalue weighted by atomic mass is 32.2. The Morgan fingerprint density at radius 1 is 0.857 bits per heavy atom. The number of hydrogen-bond donors (Lipinski definition) is 1. The standard InChI is InChI=1S/C19H23FN2O4S2/c1-14-6-8-16(12-18(14)20)27(23,24)21-19-13-17(9-7-15(19)2)28(25,26)22-10-4-3-5-11-22/h6-9,12-13,21H,3-5,10-11H2,1-2H3. The lowest BCUT2D eigenvalue weighted by molar-refractivity contribution is 0.346. The predicted octanol–water partition coefficient (Wildman–Crippen LogP) is 3.42. The fraction of sp³-hybridized carbons (Fsp3) is 0.368. The Morgan fingerprint density at radius 3 is 2.11 bits per heavy atom. The Kier molecular flexibility index (Phi) is 5.79. The number of piperidine rings is 1. The molecule has 0 atom stereocenters. The molecule has 0 aliphatic carbocycles. The first kappa shape index (κ1) is 20.8. The van der Waals surface area contributed by atoms with Crippen LogP contribution in [0.1, 0.15) is 30.4 Å². The van der Waals surface area contributed by atoms with E-state index in [9.17, 15) is 21.2 Å². The van der Waals surface area contributed by atoms with Crippen LogP contribution in [0.5, 0.6) is 0 Å². The van der Waals surface area contributed by atoms with Crippen molar-refractivity contribution >= 4 is 25.7 Å². The molecule has 1 N–H and O–H groups in total. The summed E-state index contributed by atoms with van der Waals surface area (Å²) in [5.74, 6) is -0.624. The van der Waals surface area contributed by atoms with Crippen LogP contribution in [-0.4, -0.2) is 34.2 Å². The highest BCUT2D eigenvalue weighted by molar-refractivity contribution is 7.92. The lowest BCUT2D eigenvalue weighted by Crippen LogP contribution is -2.35. The maximum absolute atomic E-state index is 13.8.